The van der Waals surface area contributed by atoms with Gasteiger partial charge >= 0.3 is 0 Å². The van der Waals surface area contributed by atoms with E-state index in [1.54, 1.807) is 17.0 Å². The van der Waals surface area contributed by atoms with Gasteiger partial charge in [0.15, 0.2) is 0 Å². The van der Waals surface area contributed by atoms with Crippen LogP contribution in [0.15, 0.2) is 34.3 Å². The second kappa shape index (κ2) is 6.76. The van der Waals surface area contributed by atoms with E-state index < -0.39 is 0 Å². The molecule has 2 aliphatic heterocycles. The summed E-state index contributed by atoms with van der Waals surface area (Å²) in [4.78, 5) is 29.1. The molecule has 2 fully saturated rings. The summed E-state index contributed by atoms with van der Waals surface area (Å²) < 4.78 is 1.69. The first-order valence-corrected chi connectivity index (χ1v) is 10.6. The molecule has 0 aromatic carbocycles. The number of rotatable bonds is 2. The topological polar surface area (TPSA) is 89.4 Å². The van der Waals surface area contributed by atoms with Gasteiger partial charge in [-0.3, -0.25) is 19.3 Å². The van der Waals surface area contributed by atoms with E-state index in [4.69, 9.17) is 10.7 Å². The number of nitrogens with two attached hydrogens (primary N) is 1. The Morgan fingerprint density at radius 1 is 1.17 bits per heavy atom. The number of pyridine rings is 1. The zero-order valence-electron chi connectivity index (χ0n) is 17.1. The summed E-state index contributed by atoms with van der Waals surface area (Å²) >= 11 is 0. The van der Waals surface area contributed by atoms with Gasteiger partial charge in [0.25, 0.3) is 5.56 Å². The molecule has 4 heterocycles. The molecule has 1 aliphatic carbocycles. The van der Waals surface area contributed by atoms with E-state index in [0.717, 1.165) is 48.8 Å². The van der Waals surface area contributed by atoms with Gasteiger partial charge in [0.2, 0.25) is 5.95 Å². The molecule has 29 heavy (non-hydrogen) atoms. The lowest BCUT2D eigenvalue weighted by molar-refractivity contribution is 0.185. The van der Waals surface area contributed by atoms with E-state index in [0.29, 0.717) is 18.0 Å². The average Bonchev–Trinajstić information content (AvgIpc) is 3.30. The van der Waals surface area contributed by atoms with Crippen LogP contribution in [-0.2, 0) is 13.6 Å². The minimum Gasteiger partial charge on any atom is -0.342 e. The van der Waals surface area contributed by atoms with Crippen molar-refractivity contribution in [1.82, 2.24) is 14.5 Å². The molecule has 0 unspecified atom stereocenters. The summed E-state index contributed by atoms with van der Waals surface area (Å²) in [6.45, 7) is 4.53. The number of nitrogens with zero attached hydrogens (tertiary/aromatic N) is 5. The molecule has 0 bridgehead atoms. The molecule has 0 radical (unpaired) electrons. The van der Waals surface area contributed by atoms with E-state index in [1.165, 1.54) is 12.8 Å². The second-order valence-corrected chi connectivity index (χ2v) is 8.89. The van der Waals surface area contributed by atoms with Crippen LogP contribution in [0.1, 0.15) is 49.4 Å². The van der Waals surface area contributed by atoms with Crippen LogP contribution in [0.4, 0.5) is 5.95 Å². The Labute approximate surface area is 170 Å². The maximum Gasteiger partial charge on any atom is 0.264 e. The number of fused-ring (bicyclic) bond motifs is 1. The largest absolute Gasteiger partial charge is 0.342 e. The third-order valence-corrected chi connectivity index (χ3v) is 7.38. The van der Waals surface area contributed by atoms with Gasteiger partial charge < -0.3 is 10.6 Å². The molecule has 3 aliphatic rings. The second-order valence-electron chi connectivity index (χ2n) is 8.89. The van der Waals surface area contributed by atoms with Crippen LogP contribution in [0.3, 0.4) is 0 Å². The Kier molecular flexibility index (Phi) is 4.31. The summed E-state index contributed by atoms with van der Waals surface area (Å²) in [5.41, 5.74) is 9.85. The smallest absolute Gasteiger partial charge is 0.264 e. The highest BCUT2D eigenvalue weighted by Gasteiger charge is 2.46. The van der Waals surface area contributed by atoms with Crippen LogP contribution in [0, 0.1) is 11.3 Å². The standard InChI is InChI=1S/C22H28N6O/c1-14-3-6-22(19(14)23)7-11-28(12-8-22)21-26-16-13-25-18(15-4-9-24-10-5-15)17(16)20(29)27(21)2/h4-5,9-10,14,19H,3,6-8,11-13,23H2,1-2H3/t14-,19-/m1/s1. The molecule has 1 saturated heterocycles. The predicted molar refractivity (Wildman–Crippen MR) is 113 cm³/mol. The van der Waals surface area contributed by atoms with Gasteiger partial charge in [-0.1, -0.05) is 6.92 Å². The van der Waals surface area contributed by atoms with Crippen molar-refractivity contribution < 1.29 is 0 Å². The third kappa shape index (κ3) is 2.82. The molecule has 5 rings (SSSR count). The van der Waals surface area contributed by atoms with Gasteiger partial charge in [-0.05, 0) is 49.1 Å². The maximum absolute atomic E-state index is 13.2. The van der Waals surface area contributed by atoms with Gasteiger partial charge in [-0.25, -0.2) is 4.98 Å². The Bertz CT molecular complexity index is 1020. The van der Waals surface area contributed by atoms with Crippen molar-refractivity contribution in [1.29, 1.82) is 0 Å². The highest BCUT2D eigenvalue weighted by atomic mass is 16.1. The Morgan fingerprint density at radius 3 is 2.55 bits per heavy atom. The molecule has 7 heteroatoms. The zero-order valence-corrected chi connectivity index (χ0v) is 17.1. The first kappa shape index (κ1) is 18.5. The average molecular weight is 393 g/mol. The number of aromatic nitrogens is 3. The number of anilines is 1. The number of aliphatic imine (C=N–C) groups is 1. The fourth-order valence-corrected chi connectivity index (χ4v) is 5.45. The third-order valence-electron chi connectivity index (χ3n) is 7.38. The van der Waals surface area contributed by atoms with E-state index >= 15 is 0 Å². The molecule has 7 nitrogen and oxygen atoms in total. The normalized spacial score (nSPS) is 25.3. The van der Waals surface area contributed by atoms with Gasteiger partial charge in [0.1, 0.15) is 0 Å². The maximum atomic E-state index is 13.2. The molecule has 2 aromatic heterocycles. The fraction of sp³-hybridized carbons (Fsp3) is 0.545. The van der Waals surface area contributed by atoms with Crippen LogP contribution < -0.4 is 16.2 Å². The molecular weight excluding hydrogens is 364 g/mol. The minimum atomic E-state index is -0.0236. The molecular formula is C22H28N6O. The summed E-state index contributed by atoms with van der Waals surface area (Å²) in [5, 5.41) is 0. The van der Waals surface area contributed by atoms with Crippen molar-refractivity contribution in [2.75, 3.05) is 18.0 Å². The predicted octanol–water partition coefficient (Wildman–Crippen LogP) is 1.87. The lowest BCUT2D eigenvalue weighted by atomic mass is 9.73. The Morgan fingerprint density at radius 2 is 1.90 bits per heavy atom. The van der Waals surface area contributed by atoms with Crippen LogP contribution in [0.25, 0.3) is 0 Å². The van der Waals surface area contributed by atoms with Gasteiger partial charge in [-0.2, -0.15) is 0 Å². The van der Waals surface area contributed by atoms with Crippen LogP contribution >= 0.6 is 0 Å². The van der Waals surface area contributed by atoms with E-state index in [1.807, 2.05) is 19.2 Å². The highest BCUT2D eigenvalue weighted by molar-refractivity contribution is 6.14. The zero-order chi connectivity index (χ0) is 20.2. The number of piperidine rings is 1. The van der Waals surface area contributed by atoms with E-state index in [-0.39, 0.29) is 17.0 Å². The molecule has 1 saturated carbocycles. The van der Waals surface area contributed by atoms with E-state index in [9.17, 15) is 4.79 Å². The van der Waals surface area contributed by atoms with Crippen molar-refractivity contribution >= 4 is 11.7 Å². The molecule has 2 N–H and O–H groups in total. The quantitative estimate of drug-likeness (QED) is 0.843. The van der Waals surface area contributed by atoms with Crippen LogP contribution in [0.2, 0.25) is 0 Å². The highest BCUT2D eigenvalue weighted by Crippen LogP contribution is 2.48. The summed E-state index contributed by atoms with van der Waals surface area (Å²) in [6.07, 6.45) is 8.05. The summed E-state index contributed by atoms with van der Waals surface area (Å²) in [7, 11) is 1.82. The van der Waals surface area contributed by atoms with Gasteiger partial charge in [0.05, 0.1) is 23.5 Å². The van der Waals surface area contributed by atoms with E-state index in [2.05, 4.69) is 21.8 Å². The Hall–Kier alpha value is -2.54. The lowest BCUT2D eigenvalue weighted by Crippen LogP contribution is -2.49. The fourth-order valence-electron chi connectivity index (χ4n) is 5.45. The minimum absolute atomic E-state index is 0.0236. The number of hydrogen-bond donors (Lipinski definition) is 1. The molecule has 0 amide bonds. The molecule has 2 atom stereocenters. The first-order valence-electron chi connectivity index (χ1n) is 10.6. The van der Waals surface area contributed by atoms with Crippen LogP contribution in [-0.4, -0.2) is 39.4 Å². The van der Waals surface area contributed by atoms with Crippen molar-refractivity contribution in [3.8, 4) is 0 Å². The SMILES string of the molecule is C[C@@H]1CCC2(CCN(c3nc4c(c(=O)n3C)C(c3ccncc3)=NC4)CC2)[C@@H]1N. The molecule has 1 spiro atoms. The van der Waals surface area contributed by atoms with Crippen molar-refractivity contribution in [3.05, 3.63) is 51.7 Å². The van der Waals surface area contributed by atoms with Crippen molar-refractivity contribution in [3.63, 3.8) is 0 Å². The summed E-state index contributed by atoms with van der Waals surface area (Å²) in [5.74, 6) is 1.36. The lowest BCUT2D eigenvalue weighted by Gasteiger charge is -2.43. The monoisotopic (exact) mass is 392 g/mol. The first-order chi connectivity index (χ1) is 14.0. The summed E-state index contributed by atoms with van der Waals surface area (Å²) in [6, 6.07) is 4.06. The van der Waals surface area contributed by atoms with Gasteiger partial charge in [0, 0.05) is 44.1 Å². The molecule has 2 aromatic rings. The van der Waals surface area contributed by atoms with Crippen molar-refractivity contribution in [2.24, 2.45) is 29.1 Å². The van der Waals surface area contributed by atoms with Crippen LogP contribution in [0.5, 0.6) is 0 Å². The van der Waals surface area contributed by atoms with Crippen molar-refractivity contribution in [2.45, 2.75) is 45.2 Å². The van der Waals surface area contributed by atoms with Gasteiger partial charge in [-0.15, -0.1) is 0 Å². The molecule has 152 valence electrons. The Balaban J connectivity index is 1.43. The number of hydrogen-bond acceptors (Lipinski definition) is 6.